The smallest absolute Gasteiger partial charge is 0.228 e. The van der Waals surface area contributed by atoms with Crippen LogP contribution in [0, 0.1) is 5.92 Å². The number of amides is 1. The number of aliphatic hydroxyl groups excluding tert-OH is 1. The summed E-state index contributed by atoms with van der Waals surface area (Å²) in [6.07, 6.45) is 0. The van der Waals surface area contributed by atoms with Gasteiger partial charge in [0.25, 0.3) is 0 Å². The Bertz CT molecular complexity index is 389. The summed E-state index contributed by atoms with van der Waals surface area (Å²) in [4.78, 5) is 12.2. The van der Waals surface area contributed by atoms with Gasteiger partial charge in [0.1, 0.15) is 0 Å². The van der Waals surface area contributed by atoms with Gasteiger partial charge in [0.15, 0.2) is 0 Å². The highest BCUT2D eigenvalue weighted by Gasteiger charge is 2.24. The topological polar surface area (TPSA) is 49.3 Å². The van der Waals surface area contributed by atoms with Crippen LogP contribution < -0.4 is 5.32 Å². The van der Waals surface area contributed by atoms with E-state index in [1.807, 2.05) is 26.0 Å². The Morgan fingerprint density at radius 2 is 1.83 bits per heavy atom. The highest BCUT2D eigenvalue weighted by molar-refractivity contribution is 6.30. The molecule has 0 aliphatic rings. The Balaban J connectivity index is 2.89. The molecule has 0 saturated carbocycles. The van der Waals surface area contributed by atoms with E-state index in [0.717, 1.165) is 5.56 Å². The number of hydrogen-bond acceptors (Lipinski definition) is 2. The summed E-state index contributed by atoms with van der Waals surface area (Å²) < 4.78 is 0. The lowest BCUT2D eigenvalue weighted by Crippen LogP contribution is -2.39. The fourth-order valence-corrected chi connectivity index (χ4v) is 2.01. The normalized spacial score (nSPS) is 14.3. The number of halogens is 1. The third-order valence-corrected chi connectivity index (χ3v) is 3.09. The molecule has 3 nitrogen and oxygen atoms in total. The summed E-state index contributed by atoms with van der Waals surface area (Å²) in [5, 5.41) is 12.4. The second kappa shape index (κ2) is 6.76. The van der Waals surface area contributed by atoms with Gasteiger partial charge in [-0.05, 0) is 30.5 Å². The SMILES string of the molecule is CC(C)C(C(=O)N[C@H](C)CO)c1ccc(Cl)cc1. The molecule has 2 atom stereocenters. The summed E-state index contributed by atoms with van der Waals surface area (Å²) in [6.45, 7) is 5.72. The first-order chi connectivity index (χ1) is 8.45. The fraction of sp³-hybridized carbons (Fsp3) is 0.500. The van der Waals surface area contributed by atoms with E-state index < -0.39 is 0 Å². The monoisotopic (exact) mass is 269 g/mol. The van der Waals surface area contributed by atoms with Gasteiger partial charge >= 0.3 is 0 Å². The summed E-state index contributed by atoms with van der Waals surface area (Å²) in [6, 6.07) is 7.09. The van der Waals surface area contributed by atoms with Crippen LogP contribution in [0.3, 0.4) is 0 Å². The fourth-order valence-electron chi connectivity index (χ4n) is 1.89. The van der Waals surface area contributed by atoms with E-state index in [2.05, 4.69) is 5.32 Å². The predicted molar refractivity (Wildman–Crippen MR) is 73.7 cm³/mol. The Labute approximate surface area is 113 Å². The van der Waals surface area contributed by atoms with E-state index in [9.17, 15) is 4.79 Å². The number of carbonyl (C=O) groups excluding carboxylic acids is 1. The predicted octanol–water partition coefficient (Wildman–Crippen LogP) is 2.58. The standard InChI is InChI=1S/C14H20ClNO2/c1-9(2)13(14(18)16-10(3)8-17)11-4-6-12(15)7-5-11/h4-7,9-10,13,17H,8H2,1-3H3,(H,16,18)/t10-,13?/m1/s1. The van der Waals surface area contributed by atoms with E-state index >= 15 is 0 Å². The van der Waals surface area contributed by atoms with Crippen molar-refractivity contribution in [2.75, 3.05) is 6.61 Å². The van der Waals surface area contributed by atoms with E-state index in [4.69, 9.17) is 16.7 Å². The van der Waals surface area contributed by atoms with Crippen LogP contribution in [0.4, 0.5) is 0 Å². The van der Waals surface area contributed by atoms with Crippen molar-refractivity contribution in [1.82, 2.24) is 5.32 Å². The average Bonchev–Trinajstić information content (AvgIpc) is 2.31. The minimum absolute atomic E-state index is 0.0584. The molecular weight excluding hydrogens is 250 g/mol. The van der Waals surface area contributed by atoms with E-state index in [1.165, 1.54) is 0 Å². The lowest BCUT2D eigenvalue weighted by atomic mass is 9.87. The molecule has 0 spiro atoms. The van der Waals surface area contributed by atoms with E-state index in [-0.39, 0.29) is 30.4 Å². The van der Waals surface area contributed by atoms with Crippen molar-refractivity contribution in [3.8, 4) is 0 Å². The molecule has 0 bridgehead atoms. The zero-order chi connectivity index (χ0) is 13.7. The number of nitrogens with one attached hydrogen (secondary N) is 1. The first-order valence-electron chi connectivity index (χ1n) is 6.12. The maximum atomic E-state index is 12.2. The average molecular weight is 270 g/mol. The van der Waals surface area contributed by atoms with Gasteiger partial charge in [-0.1, -0.05) is 37.6 Å². The lowest BCUT2D eigenvalue weighted by Gasteiger charge is -2.22. The number of rotatable bonds is 5. The van der Waals surface area contributed by atoms with Gasteiger partial charge in [-0.25, -0.2) is 0 Å². The molecule has 100 valence electrons. The van der Waals surface area contributed by atoms with Crippen LogP contribution in [0.15, 0.2) is 24.3 Å². The first kappa shape index (κ1) is 15.0. The van der Waals surface area contributed by atoms with Gasteiger partial charge < -0.3 is 10.4 Å². The van der Waals surface area contributed by atoms with Crippen molar-refractivity contribution in [3.63, 3.8) is 0 Å². The molecule has 0 radical (unpaired) electrons. The Hall–Kier alpha value is -1.06. The molecule has 0 aliphatic heterocycles. The summed E-state index contributed by atoms with van der Waals surface area (Å²) in [5.41, 5.74) is 0.942. The van der Waals surface area contributed by atoms with Gasteiger partial charge in [-0.2, -0.15) is 0 Å². The molecule has 1 aromatic carbocycles. The minimum atomic E-state index is -0.231. The number of aliphatic hydroxyl groups is 1. The van der Waals surface area contributed by atoms with Crippen molar-refractivity contribution in [1.29, 1.82) is 0 Å². The first-order valence-corrected chi connectivity index (χ1v) is 6.50. The van der Waals surface area contributed by atoms with Crippen LogP contribution >= 0.6 is 11.6 Å². The van der Waals surface area contributed by atoms with Gasteiger partial charge in [0, 0.05) is 11.1 Å². The minimum Gasteiger partial charge on any atom is -0.394 e. The molecule has 2 N–H and O–H groups in total. The Morgan fingerprint density at radius 1 is 1.28 bits per heavy atom. The molecule has 0 aliphatic carbocycles. The lowest BCUT2D eigenvalue weighted by molar-refractivity contribution is -0.124. The van der Waals surface area contributed by atoms with Gasteiger partial charge in [-0.15, -0.1) is 0 Å². The highest BCUT2D eigenvalue weighted by atomic mass is 35.5. The van der Waals surface area contributed by atoms with Crippen molar-refractivity contribution < 1.29 is 9.90 Å². The second-order valence-electron chi connectivity index (χ2n) is 4.87. The van der Waals surface area contributed by atoms with Crippen molar-refractivity contribution in [2.24, 2.45) is 5.92 Å². The number of hydrogen-bond donors (Lipinski definition) is 2. The Morgan fingerprint density at radius 3 is 2.28 bits per heavy atom. The molecule has 0 fully saturated rings. The molecular formula is C14H20ClNO2. The third kappa shape index (κ3) is 4.00. The molecule has 1 rings (SSSR count). The second-order valence-corrected chi connectivity index (χ2v) is 5.30. The molecule has 1 unspecified atom stereocenters. The van der Waals surface area contributed by atoms with Crippen molar-refractivity contribution in [3.05, 3.63) is 34.9 Å². The van der Waals surface area contributed by atoms with Crippen LogP contribution in [0.5, 0.6) is 0 Å². The number of benzene rings is 1. The van der Waals surface area contributed by atoms with E-state index in [0.29, 0.717) is 5.02 Å². The molecule has 0 aromatic heterocycles. The highest BCUT2D eigenvalue weighted by Crippen LogP contribution is 2.26. The van der Waals surface area contributed by atoms with Gasteiger partial charge in [-0.3, -0.25) is 4.79 Å². The summed E-state index contributed by atoms with van der Waals surface area (Å²) >= 11 is 5.85. The van der Waals surface area contributed by atoms with Crippen LogP contribution in [0.25, 0.3) is 0 Å². The van der Waals surface area contributed by atoms with Crippen LogP contribution in [0.2, 0.25) is 5.02 Å². The molecule has 4 heteroatoms. The summed E-state index contributed by atoms with van der Waals surface area (Å²) in [5.74, 6) is -0.109. The molecule has 1 aromatic rings. The molecule has 0 saturated heterocycles. The third-order valence-electron chi connectivity index (χ3n) is 2.84. The maximum absolute atomic E-state index is 12.2. The molecule has 1 amide bonds. The zero-order valence-electron chi connectivity index (χ0n) is 11.0. The van der Waals surface area contributed by atoms with Gasteiger partial charge in [0.05, 0.1) is 12.5 Å². The number of carbonyl (C=O) groups is 1. The van der Waals surface area contributed by atoms with Crippen molar-refractivity contribution >= 4 is 17.5 Å². The zero-order valence-corrected chi connectivity index (χ0v) is 11.7. The maximum Gasteiger partial charge on any atom is 0.228 e. The van der Waals surface area contributed by atoms with Crippen LogP contribution in [-0.4, -0.2) is 23.7 Å². The van der Waals surface area contributed by atoms with Crippen molar-refractivity contribution in [2.45, 2.75) is 32.7 Å². The summed E-state index contributed by atoms with van der Waals surface area (Å²) in [7, 11) is 0. The molecule has 18 heavy (non-hydrogen) atoms. The van der Waals surface area contributed by atoms with Crippen LogP contribution in [0.1, 0.15) is 32.3 Å². The quantitative estimate of drug-likeness (QED) is 0.863. The van der Waals surface area contributed by atoms with Gasteiger partial charge in [0.2, 0.25) is 5.91 Å². The molecule has 0 heterocycles. The van der Waals surface area contributed by atoms with Crippen LogP contribution in [-0.2, 0) is 4.79 Å². The Kier molecular flexibility index (Phi) is 5.63. The van der Waals surface area contributed by atoms with E-state index in [1.54, 1.807) is 19.1 Å². The largest absolute Gasteiger partial charge is 0.394 e.